The van der Waals surface area contributed by atoms with Gasteiger partial charge in [0, 0.05) is 5.02 Å². The maximum absolute atomic E-state index is 11.8. The monoisotopic (exact) mass is 298 g/mol. The van der Waals surface area contributed by atoms with Gasteiger partial charge in [-0.15, -0.1) is 0 Å². The minimum Gasteiger partial charge on any atom is -0.478 e. The molecule has 0 fully saturated rings. The van der Waals surface area contributed by atoms with Crippen molar-refractivity contribution in [1.82, 2.24) is 0 Å². The molecule has 0 aliphatic carbocycles. The number of hydrogen-bond donors (Lipinski definition) is 0. The summed E-state index contributed by atoms with van der Waals surface area (Å²) in [4.78, 5) is 11.8. The standard InChI is InChI=1S/C16H23ClO3/c1-6-14(16(18)19-7-2)20-15-8-11(5)13(17)9-12(15)10(3)4/h8-10,14H,6-7H2,1-5H3. The molecule has 0 aromatic heterocycles. The summed E-state index contributed by atoms with van der Waals surface area (Å²) in [5.74, 6) is 0.655. The number of carbonyl (C=O) groups is 1. The van der Waals surface area contributed by atoms with Gasteiger partial charge in [0.25, 0.3) is 0 Å². The average Bonchev–Trinajstić information content (AvgIpc) is 2.39. The lowest BCUT2D eigenvalue weighted by Crippen LogP contribution is -2.29. The van der Waals surface area contributed by atoms with Gasteiger partial charge in [-0.2, -0.15) is 0 Å². The predicted octanol–water partition coefficient (Wildman–Crippen LogP) is 4.49. The van der Waals surface area contributed by atoms with Crippen molar-refractivity contribution in [3.05, 3.63) is 28.3 Å². The van der Waals surface area contributed by atoms with E-state index in [4.69, 9.17) is 21.1 Å². The largest absolute Gasteiger partial charge is 0.478 e. The fraction of sp³-hybridized carbons (Fsp3) is 0.562. The summed E-state index contributed by atoms with van der Waals surface area (Å²) in [5, 5.41) is 0.713. The Morgan fingerprint density at radius 1 is 1.30 bits per heavy atom. The van der Waals surface area contributed by atoms with Crippen LogP contribution in [0.5, 0.6) is 5.75 Å². The summed E-state index contributed by atoms with van der Waals surface area (Å²) in [6.45, 7) is 10.1. The van der Waals surface area contributed by atoms with Crippen molar-refractivity contribution < 1.29 is 14.3 Å². The van der Waals surface area contributed by atoms with Gasteiger partial charge in [0.2, 0.25) is 0 Å². The first-order valence-electron chi connectivity index (χ1n) is 7.03. The van der Waals surface area contributed by atoms with Crippen LogP contribution in [0.1, 0.15) is 51.2 Å². The van der Waals surface area contributed by atoms with Gasteiger partial charge < -0.3 is 9.47 Å². The molecule has 0 bridgehead atoms. The third-order valence-electron chi connectivity index (χ3n) is 3.10. The second-order valence-corrected chi connectivity index (χ2v) is 5.47. The molecular weight excluding hydrogens is 276 g/mol. The van der Waals surface area contributed by atoms with Crippen molar-refractivity contribution in [2.75, 3.05) is 6.61 Å². The minimum absolute atomic E-state index is 0.266. The number of hydrogen-bond acceptors (Lipinski definition) is 3. The van der Waals surface area contributed by atoms with Gasteiger partial charge in [0.1, 0.15) is 5.75 Å². The topological polar surface area (TPSA) is 35.5 Å². The maximum atomic E-state index is 11.8. The molecule has 20 heavy (non-hydrogen) atoms. The second kappa shape index (κ2) is 7.53. The summed E-state index contributed by atoms with van der Waals surface area (Å²) in [6.07, 6.45) is -0.00840. The molecule has 1 aromatic carbocycles. The maximum Gasteiger partial charge on any atom is 0.347 e. The quantitative estimate of drug-likeness (QED) is 0.726. The zero-order chi connectivity index (χ0) is 15.3. The van der Waals surface area contributed by atoms with E-state index in [0.717, 1.165) is 11.1 Å². The molecule has 0 saturated carbocycles. The van der Waals surface area contributed by atoms with Crippen LogP contribution in [-0.2, 0) is 9.53 Å². The van der Waals surface area contributed by atoms with Crippen LogP contribution in [0.15, 0.2) is 12.1 Å². The molecule has 1 aromatic rings. The fourth-order valence-electron chi connectivity index (χ4n) is 1.91. The summed E-state index contributed by atoms with van der Waals surface area (Å²) < 4.78 is 10.9. The smallest absolute Gasteiger partial charge is 0.347 e. The average molecular weight is 299 g/mol. The van der Waals surface area contributed by atoms with Crippen LogP contribution in [0.4, 0.5) is 0 Å². The van der Waals surface area contributed by atoms with Crippen molar-refractivity contribution in [3.63, 3.8) is 0 Å². The molecule has 0 heterocycles. The highest BCUT2D eigenvalue weighted by Gasteiger charge is 2.22. The molecule has 3 nitrogen and oxygen atoms in total. The van der Waals surface area contributed by atoms with Gasteiger partial charge in [0.05, 0.1) is 6.61 Å². The lowest BCUT2D eigenvalue weighted by atomic mass is 10.0. The zero-order valence-corrected chi connectivity index (χ0v) is 13.6. The highest BCUT2D eigenvalue weighted by Crippen LogP contribution is 2.33. The first-order valence-corrected chi connectivity index (χ1v) is 7.41. The molecule has 1 atom stereocenters. The molecule has 4 heteroatoms. The summed E-state index contributed by atoms with van der Waals surface area (Å²) in [5.41, 5.74) is 1.94. The number of rotatable bonds is 6. The molecule has 0 radical (unpaired) electrons. The molecular formula is C16H23ClO3. The van der Waals surface area contributed by atoms with E-state index in [0.29, 0.717) is 23.8 Å². The normalized spacial score (nSPS) is 12.3. The Labute approximate surface area is 126 Å². The Balaban J connectivity index is 3.05. The van der Waals surface area contributed by atoms with Gasteiger partial charge in [-0.1, -0.05) is 32.4 Å². The first kappa shape index (κ1) is 16.8. The Kier molecular flexibility index (Phi) is 6.34. The van der Waals surface area contributed by atoms with Crippen LogP contribution < -0.4 is 4.74 Å². The van der Waals surface area contributed by atoms with Crippen molar-refractivity contribution in [2.45, 2.75) is 53.1 Å². The van der Waals surface area contributed by atoms with Crippen LogP contribution in [0.3, 0.4) is 0 Å². The van der Waals surface area contributed by atoms with Crippen LogP contribution in [-0.4, -0.2) is 18.7 Å². The molecule has 0 N–H and O–H groups in total. The Hall–Kier alpha value is -1.22. The molecule has 0 aliphatic heterocycles. The van der Waals surface area contributed by atoms with Gasteiger partial charge in [-0.05, 0) is 49.4 Å². The first-order chi connectivity index (χ1) is 9.40. The van der Waals surface area contributed by atoms with Gasteiger partial charge in [-0.25, -0.2) is 4.79 Å². The summed E-state index contributed by atoms with van der Waals surface area (Å²) >= 11 is 6.17. The molecule has 0 amide bonds. The molecule has 0 saturated heterocycles. The van der Waals surface area contributed by atoms with E-state index in [1.807, 2.05) is 26.0 Å². The zero-order valence-electron chi connectivity index (χ0n) is 12.8. The second-order valence-electron chi connectivity index (χ2n) is 5.06. The summed E-state index contributed by atoms with van der Waals surface area (Å²) in [6, 6.07) is 3.80. The van der Waals surface area contributed by atoms with Crippen LogP contribution in [0.2, 0.25) is 5.02 Å². The van der Waals surface area contributed by atoms with E-state index in [9.17, 15) is 4.79 Å². The van der Waals surface area contributed by atoms with Crippen LogP contribution in [0, 0.1) is 6.92 Å². The van der Waals surface area contributed by atoms with Gasteiger partial charge >= 0.3 is 5.97 Å². The van der Waals surface area contributed by atoms with Crippen molar-refractivity contribution in [3.8, 4) is 5.75 Å². The minimum atomic E-state index is -0.576. The van der Waals surface area contributed by atoms with Crippen molar-refractivity contribution >= 4 is 17.6 Å². The third-order valence-corrected chi connectivity index (χ3v) is 3.51. The van der Waals surface area contributed by atoms with E-state index >= 15 is 0 Å². The Bertz CT molecular complexity index is 469. The van der Waals surface area contributed by atoms with Crippen LogP contribution >= 0.6 is 11.6 Å². The van der Waals surface area contributed by atoms with E-state index in [1.54, 1.807) is 6.92 Å². The predicted molar refractivity (Wildman–Crippen MR) is 81.6 cm³/mol. The fourth-order valence-corrected chi connectivity index (χ4v) is 2.08. The number of aryl methyl sites for hydroxylation is 1. The number of halogens is 1. The molecule has 1 rings (SSSR count). The van der Waals surface area contributed by atoms with Gasteiger partial charge in [0.15, 0.2) is 6.10 Å². The van der Waals surface area contributed by atoms with E-state index in [2.05, 4.69) is 13.8 Å². The Morgan fingerprint density at radius 2 is 1.95 bits per heavy atom. The lowest BCUT2D eigenvalue weighted by Gasteiger charge is -2.20. The van der Waals surface area contributed by atoms with Gasteiger partial charge in [-0.3, -0.25) is 0 Å². The van der Waals surface area contributed by atoms with Crippen molar-refractivity contribution in [2.24, 2.45) is 0 Å². The molecule has 0 aliphatic rings. The lowest BCUT2D eigenvalue weighted by molar-refractivity contribution is -0.151. The highest BCUT2D eigenvalue weighted by atomic mass is 35.5. The SMILES string of the molecule is CCOC(=O)C(CC)Oc1cc(C)c(Cl)cc1C(C)C. The third kappa shape index (κ3) is 4.14. The van der Waals surface area contributed by atoms with Crippen LogP contribution in [0.25, 0.3) is 0 Å². The molecule has 0 spiro atoms. The van der Waals surface area contributed by atoms with E-state index in [1.165, 1.54) is 0 Å². The Morgan fingerprint density at radius 3 is 2.45 bits per heavy atom. The van der Waals surface area contributed by atoms with E-state index < -0.39 is 6.10 Å². The number of ether oxygens (including phenoxy) is 2. The van der Waals surface area contributed by atoms with Crippen molar-refractivity contribution in [1.29, 1.82) is 0 Å². The molecule has 1 unspecified atom stereocenters. The highest BCUT2D eigenvalue weighted by molar-refractivity contribution is 6.31. The van der Waals surface area contributed by atoms with E-state index in [-0.39, 0.29) is 11.9 Å². The number of esters is 1. The summed E-state index contributed by atoms with van der Waals surface area (Å²) in [7, 11) is 0. The molecule has 112 valence electrons. The number of benzene rings is 1. The number of carbonyl (C=O) groups excluding carboxylic acids is 1.